The zero-order valence-corrected chi connectivity index (χ0v) is 20.3. The molecule has 0 unspecified atom stereocenters. The molecule has 0 N–H and O–H groups in total. The molecule has 1 aliphatic heterocycles. The van der Waals surface area contributed by atoms with Crippen molar-refractivity contribution >= 4 is 79.9 Å². The van der Waals surface area contributed by atoms with Crippen molar-refractivity contribution in [2.75, 3.05) is 6.61 Å². The van der Waals surface area contributed by atoms with Gasteiger partial charge in [-0.25, -0.2) is 0 Å². The fourth-order valence-electron chi connectivity index (χ4n) is 2.70. The number of nitro groups is 1. The van der Waals surface area contributed by atoms with Gasteiger partial charge in [0.05, 0.1) is 23.5 Å². The minimum Gasteiger partial charge on any atom is -0.479 e. The summed E-state index contributed by atoms with van der Waals surface area (Å²) in [6.45, 7) is -0.0110. The first-order valence-electron chi connectivity index (χ1n) is 8.34. The van der Waals surface area contributed by atoms with Gasteiger partial charge >= 0.3 is 0 Å². The number of halogens is 2. The number of benzene rings is 2. The zero-order chi connectivity index (χ0) is 21.8. The lowest BCUT2D eigenvalue weighted by Crippen LogP contribution is -2.27. The second kappa shape index (κ2) is 9.80. The Morgan fingerprint density at radius 1 is 1.23 bits per heavy atom. The quantitative estimate of drug-likeness (QED) is 0.144. The molecule has 152 valence electrons. The number of hydrogen-bond donors (Lipinski definition) is 0. The maximum Gasteiger partial charge on any atom is 0.293 e. The van der Waals surface area contributed by atoms with Crippen molar-refractivity contribution in [2.45, 2.75) is 6.54 Å². The molecule has 3 rings (SSSR count). The molecule has 2 aromatic carbocycles. The number of carbonyl (C=O) groups is 2. The molecule has 7 nitrogen and oxygen atoms in total. The summed E-state index contributed by atoms with van der Waals surface area (Å²) in [7, 11) is 0. The highest BCUT2D eigenvalue weighted by molar-refractivity contribution is 14.1. The van der Waals surface area contributed by atoms with Crippen LogP contribution in [-0.2, 0) is 11.3 Å². The molecular formula is C20H12I2N2O5S. The van der Waals surface area contributed by atoms with Crippen LogP contribution in [0.5, 0.6) is 5.75 Å². The van der Waals surface area contributed by atoms with E-state index >= 15 is 0 Å². The molecule has 1 heterocycles. The summed E-state index contributed by atoms with van der Waals surface area (Å²) in [6, 6.07) is 9.69. The van der Waals surface area contributed by atoms with Crippen LogP contribution < -0.4 is 4.74 Å². The maximum atomic E-state index is 12.8. The number of thioether (sulfide) groups is 1. The molecule has 0 radical (unpaired) electrons. The van der Waals surface area contributed by atoms with E-state index in [0.717, 1.165) is 29.4 Å². The third kappa shape index (κ3) is 4.96. The van der Waals surface area contributed by atoms with E-state index in [4.69, 9.17) is 11.2 Å². The summed E-state index contributed by atoms with van der Waals surface area (Å²) >= 11 is 5.04. The molecule has 10 heteroatoms. The van der Waals surface area contributed by atoms with Gasteiger partial charge in [-0.15, -0.1) is 6.42 Å². The number of nitrogens with zero attached hydrogens (tertiary/aromatic N) is 2. The minimum absolute atomic E-state index is 0.132. The Bertz CT molecular complexity index is 1100. The molecule has 2 aromatic rings. The van der Waals surface area contributed by atoms with Gasteiger partial charge in [-0.05, 0) is 80.7 Å². The topological polar surface area (TPSA) is 89.8 Å². The second-order valence-corrected chi connectivity index (χ2v) is 9.28. The van der Waals surface area contributed by atoms with Gasteiger partial charge in [0.15, 0.2) is 0 Å². The van der Waals surface area contributed by atoms with Crippen molar-refractivity contribution in [1.29, 1.82) is 0 Å². The molecule has 0 saturated carbocycles. The van der Waals surface area contributed by atoms with Gasteiger partial charge in [-0.1, -0.05) is 24.1 Å². The Labute approximate surface area is 203 Å². The van der Waals surface area contributed by atoms with E-state index in [9.17, 15) is 19.7 Å². The predicted molar refractivity (Wildman–Crippen MR) is 131 cm³/mol. The summed E-state index contributed by atoms with van der Waals surface area (Å²) in [5.41, 5.74) is 0.894. The average Bonchev–Trinajstić information content (AvgIpc) is 2.95. The smallest absolute Gasteiger partial charge is 0.293 e. The van der Waals surface area contributed by atoms with Gasteiger partial charge in [0.2, 0.25) is 0 Å². The summed E-state index contributed by atoms with van der Waals surface area (Å²) in [4.78, 5) is 37.1. The van der Waals surface area contributed by atoms with Gasteiger partial charge in [-0.2, -0.15) is 0 Å². The maximum absolute atomic E-state index is 12.8. The largest absolute Gasteiger partial charge is 0.479 e. The van der Waals surface area contributed by atoms with E-state index < -0.39 is 16.1 Å². The lowest BCUT2D eigenvalue weighted by molar-refractivity contribution is -0.385. The molecule has 0 atom stereocenters. The van der Waals surface area contributed by atoms with Crippen LogP contribution in [0.1, 0.15) is 11.1 Å². The summed E-state index contributed by atoms with van der Waals surface area (Å²) in [5, 5.41) is 10.7. The standard InChI is InChI=1S/C20H12I2N2O5S/c1-2-7-29-18-14(21)8-12(9-15(18)22)10-17-19(25)23(20(26)30-17)11-13-5-3-4-6-16(13)24(27)28/h1,3-6,8-10H,7,11H2. The number of imide groups is 1. The number of amides is 2. The summed E-state index contributed by atoms with van der Waals surface area (Å²) in [5.74, 6) is 2.59. The third-order valence-corrected chi connectivity index (χ3v) is 6.52. The Morgan fingerprint density at radius 3 is 2.53 bits per heavy atom. The highest BCUT2D eigenvalue weighted by atomic mass is 127. The van der Waals surface area contributed by atoms with Crippen molar-refractivity contribution in [2.24, 2.45) is 0 Å². The fourth-order valence-corrected chi connectivity index (χ4v) is 5.66. The Balaban J connectivity index is 1.86. The number of nitro benzene ring substituents is 1. The van der Waals surface area contributed by atoms with Gasteiger partial charge in [0, 0.05) is 11.6 Å². The number of ether oxygens (including phenoxy) is 1. The Kier molecular flexibility index (Phi) is 7.37. The molecule has 0 bridgehead atoms. The van der Waals surface area contributed by atoms with Gasteiger partial charge < -0.3 is 4.74 Å². The van der Waals surface area contributed by atoms with Crippen LogP contribution in [0.25, 0.3) is 6.08 Å². The van der Waals surface area contributed by atoms with E-state index in [2.05, 4.69) is 51.1 Å². The number of carbonyl (C=O) groups excluding carboxylic acids is 2. The SMILES string of the molecule is C#CCOc1c(I)cc(C=C2SC(=O)N(Cc3ccccc3[N+](=O)[O-])C2=O)cc1I. The normalized spacial score (nSPS) is 14.8. The van der Waals surface area contributed by atoms with Crippen molar-refractivity contribution in [3.8, 4) is 18.1 Å². The minimum atomic E-state index is -0.530. The van der Waals surface area contributed by atoms with Crippen molar-refractivity contribution in [1.82, 2.24) is 4.90 Å². The molecule has 2 amide bonds. The monoisotopic (exact) mass is 646 g/mol. The van der Waals surface area contributed by atoms with E-state index in [1.165, 1.54) is 18.2 Å². The van der Waals surface area contributed by atoms with Crippen LogP contribution in [0.4, 0.5) is 10.5 Å². The molecule has 1 saturated heterocycles. The van der Waals surface area contributed by atoms with E-state index in [0.29, 0.717) is 11.3 Å². The third-order valence-electron chi connectivity index (χ3n) is 4.01. The first kappa shape index (κ1) is 22.6. The highest BCUT2D eigenvalue weighted by Gasteiger charge is 2.36. The van der Waals surface area contributed by atoms with E-state index in [-0.39, 0.29) is 23.7 Å². The van der Waals surface area contributed by atoms with Crippen LogP contribution in [0.3, 0.4) is 0 Å². The number of para-hydroxylation sites is 1. The van der Waals surface area contributed by atoms with Gasteiger partial charge in [0.1, 0.15) is 12.4 Å². The van der Waals surface area contributed by atoms with Crippen LogP contribution in [0, 0.1) is 29.6 Å². The number of rotatable bonds is 6. The predicted octanol–water partition coefficient (Wildman–Crippen LogP) is 5.05. The van der Waals surface area contributed by atoms with Crippen LogP contribution in [0.15, 0.2) is 41.3 Å². The molecule has 0 aromatic heterocycles. The molecule has 1 aliphatic rings. The Morgan fingerprint density at radius 2 is 1.90 bits per heavy atom. The van der Waals surface area contributed by atoms with Crippen molar-refractivity contribution in [3.63, 3.8) is 0 Å². The van der Waals surface area contributed by atoms with E-state index in [1.807, 2.05) is 12.1 Å². The van der Waals surface area contributed by atoms with Crippen molar-refractivity contribution in [3.05, 3.63) is 69.7 Å². The lowest BCUT2D eigenvalue weighted by Gasteiger charge is -2.12. The van der Waals surface area contributed by atoms with Crippen LogP contribution >= 0.6 is 56.9 Å². The first-order chi connectivity index (χ1) is 14.3. The second-order valence-electron chi connectivity index (χ2n) is 5.96. The molecule has 0 aliphatic carbocycles. The van der Waals surface area contributed by atoms with E-state index in [1.54, 1.807) is 12.1 Å². The fraction of sp³-hybridized carbons (Fsp3) is 0.100. The Hall–Kier alpha value is -2.11. The van der Waals surface area contributed by atoms with Gasteiger partial charge in [-0.3, -0.25) is 24.6 Å². The summed E-state index contributed by atoms with van der Waals surface area (Å²) < 4.78 is 7.17. The average molecular weight is 646 g/mol. The lowest BCUT2D eigenvalue weighted by atomic mass is 10.1. The molecule has 1 fully saturated rings. The molecule has 0 spiro atoms. The van der Waals surface area contributed by atoms with Gasteiger partial charge in [0.25, 0.3) is 16.8 Å². The number of terminal acetylenes is 1. The highest BCUT2D eigenvalue weighted by Crippen LogP contribution is 2.36. The molecule has 30 heavy (non-hydrogen) atoms. The number of hydrogen-bond acceptors (Lipinski definition) is 6. The van der Waals surface area contributed by atoms with Crippen LogP contribution in [-0.4, -0.2) is 27.6 Å². The summed E-state index contributed by atoms with van der Waals surface area (Å²) in [6.07, 6.45) is 6.86. The van der Waals surface area contributed by atoms with Crippen LogP contribution in [0.2, 0.25) is 0 Å². The molecular weight excluding hydrogens is 634 g/mol. The van der Waals surface area contributed by atoms with Crippen molar-refractivity contribution < 1.29 is 19.2 Å². The zero-order valence-electron chi connectivity index (χ0n) is 15.1. The first-order valence-corrected chi connectivity index (χ1v) is 11.3.